The molecule has 4 heteroatoms. The van der Waals surface area contributed by atoms with Gasteiger partial charge in [0.15, 0.2) is 0 Å². The minimum atomic E-state index is -1.05. The van der Waals surface area contributed by atoms with Crippen LogP contribution >= 0.6 is 0 Å². The molecule has 0 aromatic rings. The van der Waals surface area contributed by atoms with Crippen molar-refractivity contribution >= 4 is 11.9 Å². The molecule has 0 bridgehead atoms. The predicted octanol–water partition coefficient (Wildman–Crippen LogP) is 0.278. The zero-order chi connectivity index (χ0) is 7.84. The highest BCUT2D eigenvalue weighted by molar-refractivity contribution is 6.32. The number of hydrogen-bond acceptors (Lipinski definition) is 3. The fourth-order valence-corrected chi connectivity index (χ4v) is 1.23. The van der Waals surface area contributed by atoms with Crippen molar-refractivity contribution in [2.75, 3.05) is 6.61 Å². The van der Waals surface area contributed by atoms with Crippen LogP contribution in [0.2, 0.25) is 0 Å². The van der Waals surface area contributed by atoms with Crippen LogP contribution in [0.1, 0.15) is 12.8 Å². The van der Waals surface area contributed by atoms with Gasteiger partial charge in [-0.15, -0.1) is 0 Å². The van der Waals surface area contributed by atoms with Crippen molar-refractivity contribution in [2.24, 2.45) is 10.9 Å². The molecule has 1 heterocycles. The number of rotatable bonds is 2. The third-order valence-corrected chi connectivity index (χ3v) is 2.02. The number of carboxylic acid groups (broad SMARTS) is 1. The third kappa shape index (κ3) is 1.20. The van der Waals surface area contributed by atoms with Gasteiger partial charge in [-0.05, 0) is 18.8 Å². The second-order valence-corrected chi connectivity index (χ2v) is 2.96. The Hall–Kier alpha value is -1.06. The average Bonchev–Trinajstić information content (AvgIpc) is 2.68. The predicted molar refractivity (Wildman–Crippen MR) is 37.5 cm³/mol. The Balaban J connectivity index is 2.03. The molecule has 0 aromatic heterocycles. The number of ether oxygens (including phenoxy) is 1. The number of aliphatic carboxylic acids is 1. The molecule has 2 rings (SSSR count). The minimum absolute atomic E-state index is 0.109. The standard InChI is InChI=1S/C7H9NO3/c9-7(10)6-8-5(3-11-6)4-1-2-4/h4-5H,1-3H2,(H,9,10). The summed E-state index contributed by atoms with van der Waals surface area (Å²) in [7, 11) is 0. The van der Waals surface area contributed by atoms with E-state index in [9.17, 15) is 4.79 Å². The number of nitrogens with zero attached hydrogens (tertiary/aromatic N) is 1. The van der Waals surface area contributed by atoms with E-state index in [1.165, 1.54) is 12.8 Å². The first-order valence-corrected chi connectivity index (χ1v) is 3.71. The molecule has 0 aromatic carbocycles. The molecule has 0 amide bonds. The number of carboxylic acids is 1. The first-order valence-electron chi connectivity index (χ1n) is 3.71. The monoisotopic (exact) mass is 155 g/mol. The summed E-state index contributed by atoms with van der Waals surface area (Å²) < 4.78 is 4.88. The smallest absolute Gasteiger partial charge is 0.391 e. The van der Waals surface area contributed by atoms with Crippen LogP contribution in [0.15, 0.2) is 4.99 Å². The van der Waals surface area contributed by atoms with E-state index >= 15 is 0 Å². The molecular formula is C7H9NO3. The highest BCUT2D eigenvalue weighted by Crippen LogP contribution is 2.36. The normalized spacial score (nSPS) is 29.5. The zero-order valence-electron chi connectivity index (χ0n) is 5.99. The maximum absolute atomic E-state index is 10.3. The van der Waals surface area contributed by atoms with Gasteiger partial charge < -0.3 is 9.84 Å². The van der Waals surface area contributed by atoms with Crippen LogP contribution < -0.4 is 0 Å². The van der Waals surface area contributed by atoms with E-state index in [4.69, 9.17) is 9.84 Å². The summed E-state index contributed by atoms with van der Waals surface area (Å²) in [4.78, 5) is 14.3. The highest BCUT2D eigenvalue weighted by Gasteiger charge is 2.36. The summed E-state index contributed by atoms with van der Waals surface area (Å²) in [5, 5.41) is 8.48. The van der Waals surface area contributed by atoms with Crippen molar-refractivity contribution < 1.29 is 14.6 Å². The van der Waals surface area contributed by atoms with Gasteiger partial charge in [-0.2, -0.15) is 0 Å². The number of carbonyl (C=O) groups is 1. The lowest BCUT2D eigenvalue weighted by Gasteiger charge is -1.98. The Morgan fingerprint density at radius 1 is 1.64 bits per heavy atom. The van der Waals surface area contributed by atoms with E-state index in [0.29, 0.717) is 12.5 Å². The Morgan fingerprint density at radius 2 is 2.36 bits per heavy atom. The molecular weight excluding hydrogens is 146 g/mol. The summed E-state index contributed by atoms with van der Waals surface area (Å²) in [6.45, 7) is 0.465. The molecule has 1 saturated carbocycles. The van der Waals surface area contributed by atoms with E-state index in [-0.39, 0.29) is 11.9 Å². The van der Waals surface area contributed by atoms with Gasteiger partial charge in [0.2, 0.25) is 0 Å². The van der Waals surface area contributed by atoms with Gasteiger partial charge in [0, 0.05) is 0 Å². The lowest BCUT2D eigenvalue weighted by Crippen LogP contribution is -2.12. The molecule has 0 spiro atoms. The maximum atomic E-state index is 10.3. The molecule has 11 heavy (non-hydrogen) atoms. The molecule has 1 atom stereocenters. The third-order valence-electron chi connectivity index (χ3n) is 2.02. The highest BCUT2D eigenvalue weighted by atomic mass is 16.5. The van der Waals surface area contributed by atoms with Crippen LogP contribution in [0.4, 0.5) is 0 Å². The summed E-state index contributed by atoms with van der Waals surface area (Å²) in [5.74, 6) is -0.568. The maximum Gasteiger partial charge on any atom is 0.391 e. The Bertz CT molecular complexity index is 220. The Kier molecular flexibility index (Phi) is 1.34. The van der Waals surface area contributed by atoms with Gasteiger partial charge >= 0.3 is 5.97 Å². The van der Waals surface area contributed by atoms with Crippen LogP contribution in [0, 0.1) is 5.92 Å². The molecule has 0 radical (unpaired) electrons. The SMILES string of the molecule is O=C(O)C1=NC(C2CC2)CO1. The zero-order valence-corrected chi connectivity index (χ0v) is 5.99. The molecule has 1 N–H and O–H groups in total. The van der Waals surface area contributed by atoms with Gasteiger partial charge in [-0.1, -0.05) is 0 Å². The van der Waals surface area contributed by atoms with Crippen LogP contribution in [-0.2, 0) is 9.53 Å². The molecule has 1 aliphatic carbocycles. The molecule has 2 aliphatic rings. The first kappa shape index (κ1) is 6.64. The second-order valence-electron chi connectivity index (χ2n) is 2.96. The van der Waals surface area contributed by atoms with Crippen LogP contribution in [0.5, 0.6) is 0 Å². The molecule has 60 valence electrons. The van der Waals surface area contributed by atoms with Crippen LogP contribution in [0.25, 0.3) is 0 Å². The van der Waals surface area contributed by atoms with Crippen LogP contribution in [-0.4, -0.2) is 29.6 Å². The first-order chi connectivity index (χ1) is 5.27. The van der Waals surface area contributed by atoms with E-state index in [1.54, 1.807) is 0 Å². The fourth-order valence-electron chi connectivity index (χ4n) is 1.23. The molecule has 4 nitrogen and oxygen atoms in total. The van der Waals surface area contributed by atoms with Crippen molar-refractivity contribution in [3.05, 3.63) is 0 Å². The van der Waals surface area contributed by atoms with Gasteiger partial charge in [0.25, 0.3) is 5.90 Å². The molecule has 0 saturated heterocycles. The summed E-state index contributed by atoms with van der Waals surface area (Å²) in [6, 6.07) is 0.126. The van der Waals surface area contributed by atoms with E-state index < -0.39 is 5.97 Å². The Labute approximate surface area is 63.9 Å². The quantitative estimate of drug-likeness (QED) is 0.623. The lowest BCUT2D eigenvalue weighted by atomic mass is 10.2. The van der Waals surface area contributed by atoms with Gasteiger partial charge in [-0.3, -0.25) is 0 Å². The van der Waals surface area contributed by atoms with Gasteiger partial charge in [0.05, 0.1) is 6.04 Å². The fraction of sp³-hybridized carbons (Fsp3) is 0.714. The molecule has 1 fully saturated rings. The topological polar surface area (TPSA) is 58.9 Å². The van der Waals surface area contributed by atoms with E-state index in [0.717, 1.165) is 0 Å². The van der Waals surface area contributed by atoms with Crippen molar-refractivity contribution in [3.8, 4) is 0 Å². The summed E-state index contributed by atoms with van der Waals surface area (Å²) in [5.41, 5.74) is 0. The number of hydrogen-bond donors (Lipinski definition) is 1. The number of aliphatic imine (C=N–C) groups is 1. The van der Waals surface area contributed by atoms with Crippen molar-refractivity contribution in [3.63, 3.8) is 0 Å². The van der Waals surface area contributed by atoms with Gasteiger partial charge in [-0.25, -0.2) is 9.79 Å². The lowest BCUT2D eigenvalue weighted by molar-refractivity contribution is -0.130. The van der Waals surface area contributed by atoms with Crippen molar-refractivity contribution in [1.82, 2.24) is 0 Å². The second kappa shape index (κ2) is 2.22. The van der Waals surface area contributed by atoms with E-state index in [1.807, 2.05) is 0 Å². The Morgan fingerprint density at radius 3 is 2.82 bits per heavy atom. The largest absolute Gasteiger partial charge is 0.474 e. The van der Waals surface area contributed by atoms with E-state index in [2.05, 4.69) is 4.99 Å². The van der Waals surface area contributed by atoms with Crippen molar-refractivity contribution in [2.45, 2.75) is 18.9 Å². The molecule has 1 unspecified atom stereocenters. The minimum Gasteiger partial charge on any atom is -0.474 e. The van der Waals surface area contributed by atoms with Gasteiger partial charge in [0.1, 0.15) is 6.61 Å². The average molecular weight is 155 g/mol. The summed E-state index contributed by atoms with van der Waals surface area (Å²) in [6.07, 6.45) is 2.34. The molecule has 1 aliphatic heterocycles. The summed E-state index contributed by atoms with van der Waals surface area (Å²) >= 11 is 0. The van der Waals surface area contributed by atoms with Crippen LogP contribution in [0.3, 0.4) is 0 Å². The van der Waals surface area contributed by atoms with Crippen molar-refractivity contribution in [1.29, 1.82) is 0 Å².